The second kappa shape index (κ2) is 10.6. The molecule has 0 bridgehead atoms. The molecule has 3 amide bonds. The van der Waals surface area contributed by atoms with Gasteiger partial charge in [-0.3, -0.25) is 25.2 Å². The van der Waals surface area contributed by atoms with Crippen molar-refractivity contribution in [3.05, 3.63) is 52.8 Å². The monoisotopic (exact) mass is 455 g/mol. The highest BCUT2D eigenvalue weighted by Crippen LogP contribution is 2.21. The van der Waals surface area contributed by atoms with Crippen molar-refractivity contribution in [1.82, 2.24) is 25.7 Å². The van der Waals surface area contributed by atoms with E-state index in [1.807, 2.05) is 45.9 Å². The van der Waals surface area contributed by atoms with E-state index < -0.39 is 11.8 Å². The van der Waals surface area contributed by atoms with Crippen molar-refractivity contribution in [2.75, 3.05) is 13.1 Å². The normalized spacial score (nSPS) is 15.8. The zero-order valence-corrected chi connectivity index (χ0v) is 19.7. The first-order valence-corrected chi connectivity index (χ1v) is 11.6. The van der Waals surface area contributed by atoms with Crippen LogP contribution in [-0.2, 0) is 15.3 Å². The summed E-state index contributed by atoms with van der Waals surface area (Å²) in [5, 5.41) is 0.726. The van der Waals surface area contributed by atoms with Gasteiger partial charge in [0.25, 0.3) is 5.91 Å². The third-order valence-corrected chi connectivity index (χ3v) is 5.93. The number of benzene rings is 1. The topological polar surface area (TPSA) is 104 Å². The van der Waals surface area contributed by atoms with Gasteiger partial charge in [0.15, 0.2) is 5.16 Å². The van der Waals surface area contributed by atoms with Gasteiger partial charge in [-0.25, -0.2) is 9.97 Å². The summed E-state index contributed by atoms with van der Waals surface area (Å²) < 4.78 is 0. The highest BCUT2D eigenvalue weighted by molar-refractivity contribution is 7.98. The van der Waals surface area contributed by atoms with Crippen molar-refractivity contribution in [1.29, 1.82) is 0 Å². The maximum absolute atomic E-state index is 12.4. The first kappa shape index (κ1) is 23.7. The molecule has 32 heavy (non-hydrogen) atoms. The lowest BCUT2D eigenvalue weighted by Gasteiger charge is -2.18. The molecule has 1 aromatic heterocycles. The lowest BCUT2D eigenvalue weighted by molar-refractivity contribution is -0.129. The Hall–Kier alpha value is -2.94. The molecule has 1 aliphatic heterocycles. The van der Waals surface area contributed by atoms with Crippen LogP contribution in [-0.4, -0.2) is 45.7 Å². The van der Waals surface area contributed by atoms with Crippen molar-refractivity contribution in [2.24, 2.45) is 11.8 Å². The number of aryl methyl sites for hydroxylation is 2. The Morgan fingerprint density at radius 3 is 2.41 bits per heavy atom. The van der Waals surface area contributed by atoms with Crippen LogP contribution in [0.25, 0.3) is 0 Å². The molecule has 0 radical (unpaired) electrons. The average Bonchev–Trinajstić information content (AvgIpc) is 3.09. The van der Waals surface area contributed by atoms with Gasteiger partial charge in [-0.2, -0.15) is 0 Å². The first-order valence-electron chi connectivity index (χ1n) is 10.6. The standard InChI is InChI=1S/C23H29N5O3S/c1-14(2)11-28-12-19(10-20(28)29)22(31)27-26-21(30)18-7-5-17(6-8-18)13-32-23-24-15(3)9-16(4)25-23/h5-9,14,19H,10-13H2,1-4H3,(H,26,30)(H,27,31). The molecule has 1 aliphatic rings. The van der Waals surface area contributed by atoms with Crippen LogP contribution in [0.15, 0.2) is 35.5 Å². The number of aromatic nitrogens is 2. The Bertz CT molecular complexity index is 973. The van der Waals surface area contributed by atoms with E-state index >= 15 is 0 Å². The molecule has 0 spiro atoms. The first-order chi connectivity index (χ1) is 15.2. The number of nitrogens with zero attached hydrogens (tertiary/aromatic N) is 3. The summed E-state index contributed by atoms with van der Waals surface area (Å²) in [7, 11) is 0. The van der Waals surface area contributed by atoms with E-state index in [4.69, 9.17) is 0 Å². The van der Waals surface area contributed by atoms with Crippen molar-refractivity contribution >= 4 is 29.5 Å². The van der Waals surface area contributed by atoms with Gasteiger partial charge in [0.05, 0.1) is 5.92 Å². The number of thioether (sulfide) groups is 1. The summed E-state index contributed by atoms with van der Waals surface area (Å²) in [5.74, 6) is -0.198. The summed E-state index contributed by atoms with van der Waals surface area (Å²) in [5.41, 5.74) is 8.23. The van der Waals surface area contributed by atoms with E-state index in [0.717, 1.165) is 22.1 Å². The van der Waals surface area contributed by atoms with Gasteiger partial charge < -0.3 is 4.90 Å². The minimum atomic E-state index is -0.451. The van der Waals surface area contributed by atoms with Crippen LogP contribution in [0.5, 0.6) is 0 Å². The molecule has 2 N–H and O–H groups in total. The lowest BCUT2D eigenvalue weighted by atomic mass is 10.1. The zero-order valence-electron chi connectivity index (χ0n) is 18.8. The molecule has 1 atom stereocenters. The fraction of sp³-hybridized carbons (Fsp3) is 0.435. The summed E-state index contributed by atoms with van der Waals surface area (Å²) in [4.78, 5) is 47.3. The summed E-state index contributed by atoms with van der Waals surface area (Å²) in [6.45, 7) is 8.96. The number of nitrogens with one attached hydrogen (secondary N) is 2. The Morgan fingerprint density at radius 2 is 1.78 bits per heavy atom. The van der Waals surface area contributed by atoms with Gasteiger partial charge in [-0.05, 0) is 43.5 Å². The number of carbonyl (C=O) groups excluding carboxylic acids is 3. The number of carbonyl (C=O) groups is 3. The smallest absolute Gasteiger partial charge is 0.269 e. The molecule has 1 unspecified atom stereocenters. The number of amides is 3. The minimum absolute atomic E-state index is 0.0233. The Kier molecular flexibility index (Phi) is 7.84. The fourth-order valence-electron chi connectivity index (χ4n) is 3.52. The van der Waals surface area contributed by atoms with Crippen LogP contribution in [0.3, 0.4) is 0 Å². The second-order valence-electron chi connectivity index (χ2n) is 8.46. The Labute approximate surface area is 192 Å². The highest BCUT2D eigenvalue weighted by Gasteiger charge is 2.34. The molecule has 0 saturated carbocycles. The Morgan fingerprint density at radius 1 is 1.12 bits per heavy atom. The average molecular weight is 456 g/mol. The predicted octanol–water partition coefficient (Wildman–Crippen LogP) is 2.65. The Balaban J connectivity index is 1.47. The highest BCUT2D eigenvalue weighted by atomic mass is 32.2. The fourth-order valence-corrected chi connectivity index (χ4v) is 4.42. The van der Waals surface area contributed by atoms with Gasteiger partial charge in [0, 0.05) is 42.2 Å². The molecule has 170 valence electrons. The number of hydrazine groups is 1. The lowest BCUT2D eigenvalue weighted by Crippen LogP contribution is -2.45. The van der Waals surface area contributed by atoms with E-state index in [1.165, 1.54) is 11.8 Å². The van der Waals surface area contributed by atoms with Crippen LogP contribution in [0.1, 0.15) is 47.6 Å². The third-order valence-electron chi connectivity index (χ3n) is 5.02. The molecule has 0 aliphatic carbocycles. The molecule has 9 heteroatoms. The molecule has 3 rings (SSSR count). The minimum Gasteiger partial charge on any atom is -0.342 e. The molecule has 8 nitrogen and oxygen atoms in total. The van der Waals surface area contributed by atoms with E-state index in [9.17, 15) is 14.4 Å². The van der Waals surface area contributed by atoms with Gasteiger partial charge >= 0.3 is 0 Å². The van der Waals surface area contributed by atoms with Crippen molar-refractivity contribution in [3.8, 4) is 0 Å². The maximum atomic E-state index is 12.4. The molecular weight excluding hydrogens is 426 g/mol. The van der Waals surface area contributed by atoms with Gasteiger partial charge in [-0.1, -0.05) is 37.7 Å². The van der Waals surface area contributed by atoms with Gasteiger partial charge in [0.2, 0.25) is 11.8 Å². The number of likely N-dealkylation sites (tertiary alicyclic amines) is 1. The van der Waals surface area contributed by atoms with Crippen molar-refractivity contribution < 1.29 is 14.4 Å². The van der Waals surface area contributed by atoms with Crippen LogP contribution in [0, 0.1) is 25.7 Å². The number of hydrogen-bond acceptors (Lipinski definition) is 6. The third kappa shape index (κ3) is 6.53. The molecular formula is C23H29N5O3S. The van der Waals surface area contributed by atoms with Crippen LogP contribution < -0.4 is 10.9 Å². The maximum Gasteiger partial charge on any atom is 0.269 e. The molecule has 2 heterocycles. The van der Waals surface area contributed by atoms with Crippen LogP contribution in [0.2, 0.25) is 0 Å². The molecule has 1 saturated heterocycles. The van der Waals surface area contributed by atoms with Crippen molar-refractivity contribution in [2.45, 2.75) is 45.0 Å². The van der Waals surface area contributed by atoms with Crippen LogP contribution in [0.4, 0.5) is 0 Å². The summed E-state index contributed by atoms with van der Waals surface area (Å²) >= 11 is 1.54. The zero-order chi connectivity index (χ0) is 23.3. The molecule has 1 fully saturated rings. The SMILES string of the molecule is Cc1cc(C)nc(SCc2ccc(C(=O)NNC(=O)C3CC(=O)N(CC(C)C)C3)cc2)n1. The summed E-state index contributed by atoms with van der Waals surface area (Å²) in [6.07, 6.45) is 0.172. The number of hydrogen-bond donors (Lipinski definition) is 2. The van der Waals surface area contributed by atoms with Gasteiger partial charge in [-0.15, -0.1) is 0 Å². The second-order valence-corrected chi connectivity index (χ2v) is 9.40. The molecule has 1 aromatic carbocycles. The van der Waals surface area contributed by atoms with Crippen molar-refractivity contribution in [3.63, 3.8) is 0 Å². The van der Waals surface area contributed by atoms with E-state index in [0.29, 0.717) is 30.3 Å². The van der Waals surface area contributed by atoms with E-state index in [2.05, 4.69) is 20.8 Å². The van der Waals surface area contributed by atoms with E-state index in [-0.39, 0.29) is 18.2 Å². The van der Waals surface area contributed by atoms with Gasteiger partial charge in [0.1, 0.15) is 0 Å². The van der Waals surface area contributed by atoms with Crippen LogP contribution >= 0.6 is 11.8 Å². The quantitative estimate of drug-likeness (QED) is 0.378. The number of rotatable bonds is 7. The summed E-state index contributed by atoms with van der Waals surface area (Å²) in [6, 6.07) is 9.09. The predicted molar refractivity (Wildman–Crippen MR) is 123 cm³/mol. The molecule has 2 aromatic rings. The largest absolute Gasteiger partial charge is 0.342 e. The van der Waals surface area contributed by atoms with E-state index in [1.54, 1.807) is 17.0 Å².